The number of hydrogen-bond acceptors (Lipinski definition) is 7. The Hall–Kier alpha value is -1.73. The van der Waals surface area contributed by atoms with E-state index in [2.05, 4.69) is 14.9 Å². The lowest BCUT2D eigenvalue weighted by Gasteiger charge is -2.02. The Morgan fingerprint density at radius 2 is 2.10 bits per heavy atom. The van der Waals surface area contributed by atoms with Crippen LogP contribution in [0.4, 0.5) is 0 Å². The van der Waals surface area contributed by atoms with Gasteiger partial charge in [0.05, 0.1) is 7.11 Å². The van der Waals surface area contributed by atoms with Gasteiger partial charge in [0, 0.05) is 5.02 Å². The number of ether oxygens (including phenoxy) is 2. The van der Waals surface area contributed by atoms with Gasteiger partial charge in [0.2, 0.25) is 0 Å². The number of hydrogen-bond donors (Lipinski definition) is 0. The van der Waals surface area contributed by atoms with Gasteiger partial charge in [-0.2, -0.15) is 0 Å². The highest BCUT2D eigenvalue weighted by molar-refractivity contribution is 7.99. The largest absolute Gasteiger partial charge is 0.484 e. The summed E-state index contributed by atoms with van der Waals surface area (Å²) in [5.41, 5.74) is 0. The topological polar surface area (TPSA) is 74.5 Å². The Balaban J connectivity index is 1.83. The van der Waals surface area contributed by atoms with Crippen molar-refractivity contribution in [2.24, 2.45) is 0 Å². The number of benzene rings is 1. The molecule has 0 aliphatic heterocycles. The monoisotopic (exact) mass is 314 g/mol. The Kier molecular flexibility index (Phi) is 5.25. The molecular formula is C12H11ClN2O4S. The first-order valence-corrected chi connectivity index (χ1v) is 6.94. The second kappa shape index (κ2) is 7.16. The molecule has 0 saturated heterocycles. The lowest BCUT2D eigenvalue weighted by molar-refractivity contribution is -0.137. The molecule has 0 aliphatic carbocycles. The second-order valence-corrected chi connectivity index (χ2v) is 4.93. The van der Waals surface area contributed by atoms with Gasteiger partial charge in [-0.05, 0) is 24.3 Å². The molecule has 8 heteroatoms. The molecule has 0 amide bonds. The maximum absolute atomic E-state index is 11.0. The Morgan fingerprint density at radius 3 is 2.80 bits per heavy atom. The van der Waals surface area contributed by atoms with E-state index in [-0.39, 0.29) is 18.3 Å². The van der Waals surface area contributed by atoms with Gasteiger partial charge in [-0.25, -0.2) is 0 Å². The number of halogens is 1. The number of carbonyl (C=O) groups excluding carboxylic acids is 1. The molecule has 0 fully saturated rings. The zero-order valence-corrected chi connectivity index (χ0v) is 12.1. The SMILES string of the molecule is COC(=O)CSc1nnc(COc2ccc(Cl)cc2)o1. The van der Waals surface area contributed by atoms with E-state index in [1.54, 1.807) is 24.3 Å². The van der Waals surface area contributed by atoms with Crippen LogP contribution < -0.4 is 4.74 Å². The molecular weight excluding hydrogens is 304 g/mol. The molecule has 0 atom stereocenters. The quantitative estimate of drug-likeness (QED) is 0.599. The minimum absolute atomic E-state index is 0.121. The van der Waals surface area contributed by atoms with Crippen LogP contribution in [0.1, 0.15) is 5.89 Å². The maximum atomic E-state index is 11.0. The van der Waals surface area contributed by atoms with Gasteiger partial charge < -0.3 is 13.9 Å². The average molecular weight is 315 g/mol. The highest BCUT2D eigenvalue weighted by atomic mass is 35.5. The molecule has 0 unspecified atom stereocenters. The van der Waals surface area contributed by atoms with E-state index in [1.807, 2.05) is 0 Å². The molecule has 20 heavy (non-hydrogen) atoms. The van der Waals surface area contributed by atoms with Crippen molar-refractivity contribution in [3.63, 3.8) is 0 Å². The van der Waals surface area contributed by atoms with Crippen LogP contribution in [0.15, 0.2) is 33.9 Å². The van der Waals surface area contributed by atoms with E-state index in [0.717, 1.165) is 11.8 Å². The lowest BCUT2D eigenvalue weighted by atomic mass is 10.3. The zero-order chi connectivity index (χ0) is 14.4. The molecule has 0 N–H and O–H groups in total. The van der Waals surface area contributed by atoms with Crippen molar-refractivity contribution in [1.82, 2.24) is 10.2 Å². The molecule has 106 valence electrons. The summed E-state index contributed by atoms with van der Waals surface area (Å²) in [5.74, 6) is 0.742. The number of methoxy groups -OCH3 is 1. The fraction of sp³-hybridized carbons (Fsp3) is 0.250. The van der Waals surface area contributed by atoms with Crippen LogP contribution >= 0.6 is 23.4 Å². The van der Waals surface area contributed by atoms with Crippen LogP contribution in [0.2, 0.25) is 5.02 Å². The van der Waals surface area contributed by atoms with Gasteiger partial charge in [0.15, 0.2) is 6.61 Å². The summed E-state index contributed by atoms with van der Waals surface area (Å²) in [6.45, 7) is 0.146. The van der Waals surface area contributed by atoms with Gasteiger partial charge in [-0.3, -0.25) is 4.79 Å². The van der Waals surface area contributed by atoms with Gasteiger partial charge >= 0.3 is 5.97 Å². The smallest absolute Gasteiger partial charge is 0.316 e. The molecule has 2 aromatic rings. The number of carbonyl (C=O) groups is 1. The third kappa shape index (κ3) is 4.43. The molecule has 0 bridgehead atoms. The van der Waals surface area contributed by atoms with Crippen LogP contribution in [0, 0.1) is 0 Å². The molecule has 1 aromatic heterocycles. The van der Waals surface area contributed by atoms with Crippen LogP contribution in [0.5, 0.6) is 5.75 Å². The van der Waals surface area contributed by atoms with Crippen molar-refractivity contribution in [2.75, 3.05) is 12.9 Å². The fourth-order valence-corrected chi connectivity index (χ4v) is 1.95. The molecule has 0 spiro atoms. The summed E-state index contributed by atoms with van der Waals surface area (Å²) in [7, 11) is 1.32. The third-order valence-electron chi connectivity index (χ3n) is 2.17. The van der Waals surface area contributed by atoms with Crippen molar-refractivity contribution in [2.45, 2.75) is 11.8 Å². The maximum Gasteiger partial charge on any atom is 0.316 e. The summed E-state index contributed by atoms with van der Waals surface area (Å²) in [4.78, 5) is 11.0. The van der Waals surface area contributed by atoms with Crippen molar-refractivity contribution in [3.8, 4) is 5.75 Å². The summed E-state index contributed by atoms with van der Waals surface area (Å²) < 4.78 is 15.3. The summed E-state index contributed by atoms with van der Waals surface area (Å²) in [5, 5.41) is 8.53. The Bertz CT molecular complexity index is 573. The summed E-state index contributed by atoms with van der Waals surface area (Å²) in [6, 6.07) is 6.93. The first-order valence-electron chi connectivity index (χ1n) is 5.58. The van der Waals surface area contributed by atoms with Crippen molar-refractivity contribution >= 4 is 29.3 Å². The van der Waals surface area contributed by atoms with E-state index in [4.69, 9.17) is 20.8 Å². The summed E-state index contributed by atoms with van der Waals surface area (Å²) >= 11 is 6.88. The van der Waals surface area contributed by atoms with E-state index >= 15 is 0 Å². The van der Waals surface area contributed by atoms with Crippen LogP contribution in [0.25, 0.3) is 0 Å². The van der Waals surface area contributed by atoms with Crippen molar-refractivity contribution in [1.29, 1.82) is 0 Å². The first-order chi connectivity index (χ1) is 9.67. The minimum Gasteiger partial charge on any atom is -0.484 e. The molecule has 0 saturated carbocycles. The van der Waals surface area contributed by atoms with E-state index in [0.29, 0.717) is 21.9 Å². The van der Waals surface area contributed by atoms with Gasteiger partial charge in [-0.1, -0.05) is 23.4 Å². The lowest BCUT2D eigenvalue weighted by Crippen LogP contribution is -2.02. The van der Waals surface area contributed by atoms with Crippen molar-refractivity contribution < 1.29 is 18.7 Å². The number of nitrogens with zero attached hydrogens (tertiary/aromatic N) is 2. The van der Waals surface area contributed by atoms with Gasteiger partial charge in [-0.15, -0.1) is 10.2 Å². The van der Waals surface area contributed by atoms with Crippen molar-refractivity contribution in [3.05, 3.63) is 35.2 Å². The van der Waals surface area contributed by atoms with Crippen LogP contribution in [0.3, 0.4) is 0 Å². The number of aromatic nitrogens is 2. The van der Waals surface area contributed by atoms with Crippen LogP contribution in [-0.4, -0.2) is 29.0 Å². The molecule has 0 radical (unpaired) electrons. The molecule has 1 heterocycles. The normalized spacial score (nSPS) is 10.3. The molecule has 6 nitrogen and oxygen atoms in total. The average Bonchev–Trinajstić information content (AvgIpc) is 2.92. The van der Waals surface area contributed by atoms with E-state index < -0.39 is 0 Å². The van der Waals surface area contributed by atoms with Crippen LogP contribution in [-0.2, 0) is 16.1 Å². The van der Waals surface area contributed by atoms with Gasteiger partial charge in [0.25, 0.3) is 11.1 Å². The molecule has 0 aliphatic rings. The first kappa shape index (κ1) is 14.7. The fourth-order valence-electron chi connectivity index (χ4n) is 1.21. The molecule has 1 aromatic carbocycles. The minimum atomic E-state index is -0.354. The Labute approximate surface area is 124 Å². The predicted octanol–water partition coefficient (Wildman–Crippen LogP) is 2.57. The highest BCUT2D eigenvalue weighted by Gasteiger charge is 2.10. The van der Waals surface area contributed by atoms with E-state index in [1.165, 1.54) is 7.11 Å². The van der Waals surface area contributed by atoms with E-state index in [9.17, 15) is 4.79 Å². The third-order valence-corrected chi connectivity index (χ3v) is 3.21. The Morgan fingerprint density at radius 1 is 1.35 bits per heavy atom. The highest BCUT2D eigenvalue weighted by Crippen LogP contribution is 2.19. The standard InChI is InChI=1S/C12H11ClN2O4S/c1-17-11(16)7-20-12-15-14-10(19-12)6-18-9-4-2-8(13)3-5-9/h2-5H,6-7H2,1H3. The van der Waals surface area contributed by atoms with Gasteiger partial charge in [0.1, 0.15) is 11.5 Å². The number of rotatable bonds is 6. The second-order valence-electron chi connectivity index (χ2n) is 3.57. The summed E-state index contributed by atoms with van der Waals surface area (Å²) in [6.07, 6.45) is 0. The zero-order valence-electron chi connectivity index (χ0n) is 10.5. The molecule has 2 rings (SSSR count). The number of esters is 1. The predicted molar refractivity (Wildman–Crippen MR) is 72.8 cm³/mol. The number of thioether (sulfide) groups is 1.